The van der Waals surface area contributed by atoms with Crippen molar-refractivity contribution in [3.8, 4) is 5.75 Å². The molecule has 5 nitrogen and oxygen atoms in total. The van der Waals surface area contributed by atoms with Gasteiger partial charge in [-0.25, -0.2) is 4.98 Å². The van der Waals surface area contributed by atoms with E-state index < -0.39 is 11.7 Å². The maximum absolute atomic E-state index is 12.9. The predicted molar refractivity (Wildman–Crippen MR) is 87.7 cm³/mol. The highest BCUT2D eigenvalue weighted by Crippen LogP contribution is 2.34. The van der Waals surface area contributed by atoms with Gasteiger partial charge in [0.15, 0.2) is 0 Å². The van der Waals surface area contributed by atoms with Crippen LogP contribution in [-0.4, -0.2) is 24.1 Å². The topological polar surface area (TPSA) is 59.1 Å². The summed E-state index contributed by atoms with van der Waals surface area (Å²) in [5.41, 5.74) is 1.36. The summed E-state index contributed by atoms with van der Waals surface area (Å²) in [6.45, 7) is 5.55. The Hall–Kier alpha value is -2.77. The fraction of sp³-hybridized carbons (Fsp3) is 0.250. The van der Waals surface area contributed by atoms with Crippen LogP contribution < -0.4 is 15.4 Å². The summed E-state index contributed by atoms with van der Waals surface area (Å²) < 4.78 is 43.9. The van der Waals surface area contributed by atoms with Crippen LogP contribution in [-0.2, 0) is 6.18 Å². The van der Waals surface area contributed by atoms with Crippen LogP contribution in [0.3, 0.4) is 0 Å². The minimum atomic E-state index is -4.53. The molecule has 0 atom stereocenters. The summed E-state index contributed by atoms with van der Waals surface area (Å²) in [7, 11) is 2.89. The van der Waals surface area contributed by atoms with Crippen molar-refractivity contribution in [3.63, 3.8) is 0 Å². The van der Waals surface area contributed by atoms with E-state index in [-0.39, 0.29) is 11.8 Å². The first-order valence-electron chi connectivity index (χ1n) is 7.00. The van der Waals surface area contributed by atoms with Gasteiger partial charge in [0, 0.05) is 30.6 Å². The Balaban J connectivity index is 2.40. The Morgan fingerprint density at radius 3 is 2.54 bits per heavy atom. The van der Waals surface area contributed by atoms with Crippen LogP contribution in [0.4, 0.5) is 30.6 Å². The van der Waals surface area contributed by atoms with Crippen molar-refractivity contribution in [2.75, 3.05) is 24.8 Å². The van der Waals surface area contributed by atoms with E-state index in [1.807, 2.05) is 13.0 Å². The van der Waals surface area contributed by atoms with Crippen molar-refractivity contribution >= 4 is 23.5 Å². The number of aromatic nitrogens is 2. The molecule has 24 heavy (non-hydrogen) atoms. The minimum Gasteiger partial charge on any atom is -0.496 e. The molecule has 2 N–H and O–H groups in total. The van der Waals surface area contributed by atoms with Gasteiger partial charge in [0.25, 0.3) is 0 Å². The lowest BCUT2D eigenvalue weighted by atomic mass is 10.1. The number of alkyl halides is 3. The molecule has 0 radical (unpaired) electrons. The molecule has 1 aromatic carbocycles. The summed E-state index contributed by atoms with van der Waals surface area (Å²) in [6.07, 6.45) is -2.13. The van der Waals surface area contributed by atoms with Crippen LogP contribution in [0.1, 0.15) is 16.7 Å². The number of aryl methyl sites for hydroxylation is 1. The van der Waals surface area contributed by atoms with Crippen LogP contribution in [0.25, 0.3) is 6.08 Å². The molecular weight excluding hydrogens is 321 g/mol. The van der Waals surface area contributed by atoms with Crippen molar-refractivity contribution < 1.29 is 17.9 Å². The third-order valence-corrected chi connectivity index (χ3v) is 3.37. The van der Waals surface area contributed by atoms with Crippen LogP contribution >= 0.6 is 0 Å². The van der Waals surface area contributed by atoms with Crippen molar-refractivity contribution in [2.24, 2.45) is 0 Å². The molecule has 0 aliphatic rings. The second kappa shape index (κ2) is 6.77. The molecule has 1 heterocycles. The Morgan fingerprint density at radius 1 is 1.29 bits per heavy atom. The summed E-state index contributed by atoms with van der Waals surface area (Å²) in [5, 5.41) is 5.34. The summed E-state index contributed by atoms with van der Waals surface area (Å²) >= 11 is 0. The standard InChI is InChI=1S/C16H17F3N4O/c1-5-10-6-9(2)12(7-13(10)24-4)22-15-21-8-11(16(17,18)19)14(20-3)23-15/h5-8H,1H2,2-4H3,(H2,20,21,22,23). The summed E-state index contributed by atoms with van der Waals surface area (Å²) in [4.78, 5) is 7.62. The Morgan fingerprint density at radius 2 is 2.00 bits per heavy atom. The zero-order chi connectivity index (χ0) is 17.9. The fourth-order valence-electron chi connectivity index (χ4n) is 2.14. The molecule has 2 aromatic rings. The smallest absolute Gasteiger partial charge is 0.421 e. The van der Waals surface area contributed by atoms with Crippen molar-refractivity contribution in [3.05, 3.63) is 41.6 Å². The predicted octanol–water partition coefficient (Wildman–Crippen LogP) is 4.24. The molecule has 0 fully saturated rings. The first kappa shape index (κ1) is 17.6. The molecule has 0 saturated carbocycles. The number of nitrogens with one attached hydrogen (secondary N) is 2. The number of ether oxygens (including phenoxy) is 1. The number of rotatable bonds is 5. The van der Waals surface area contributed by atoms with E-state index in [0.717, 1.165) is 17.3 Å². The van der Waals surface area contributed by atoms with Gasteiger partial charge in [-0.2, -0.15) is 18.2 Å². The summed E-state index contributed by atoms with van der Waals surface area (Å²) in [5.74, 6) is 0.329. The largest absolute Gasteiger partial charge is 0.496 e. The van der Waals surface area contributed by atoms with E-state index in [1.54, 1.807) is 12.1 Å². The molecule has 0 amide bonds. The van der Waals surface area contributed by atoms with E-state index in [1.165, 1.54) is 14.2 Å². The molecule has 0 spiro atoms. The minimum absolute atomic E-state index is 0.0452. The van der Waals surface area contributed by atoms with Crippen LogP contribution in [0.5, 0.6) is 5.75 Å². The second-order valence-corrected chi connectivity index (χ2v) is 4.94. The first-order valence-corrected chi connectivity index (χ1v) is 7.00. The zero-order valence-corrected chi connectivity index (χ0v) is 13.5. The van der Waals surface area contributed by atoms with E-state index in [9.17, 15) is 13.2 Å². The lowest BCUT2D eigenvalue weighted by Gasteiger charge is -2.15. The third kappa shape index (κ3) is 3.58. The second-order valence-electron chi connectivity index (χ2n) is 4.94. The van der Waals surface area contributed by atoms with Gasteiger partial charge in [-0.05, 0) is 18.6 Å². The molecule has 0 bridgehead atoms. The number of halogens is 3. The normalized spacial score (nSPS) is 11.1. The number of methoxy groups -OCH3 is 1. The Labute approximate surface area is 137 Å². The molecule has 0 aliphatic carbocycles. The van der Waals surface area contributed by atoms with Crippen molar-refractivity contribution in [1.29, 1.82) is 0 Å². The number of benzene rings is 1. The Kier molecular flexibility index (Phi) is 4.96. The van der Waals surface area contributed by atoms with Gasteiger partial charge in [-0.1, -0.05) is 12.7 Å². The van der Waals surface area contributed by atoms with E-state index in [2.05, 4.69) is 27.2 Å². The highest BCUT2D eigenvalue weighted by Gasteiger charge is 2.35. The van der Waals surface area contributed by atoms with Gasteiger partial charge in [0.05, 0.1) is 7.11 Å². The van der Waals surface area contributed by atoms with Crippen LogP contribution in [0.2, 0.25) is 0 Å². The number of hydrogen-bond donors (Lipinski definition) is 2. The van der Waals surface area contributed by atoms with Crippen LogP contribution in [0.15, 0.2) is 24.9 Å². The number of nitrogens with zero attached hydrogens (tertiary/aromatic N) is 2. The van der Waals surface area contributed by atoms with E-state index >= 15 is 0 Å². The first-order chi connectivity index (χ1) is 11.3. The van der Waals surface area contributed by atoms with Gasteiger partial charge < -0.3 is 15.4 Å². The molecule has 8 heteroatoms. The maximum atomic E-state index is 12.9. The maximum Gasteiger partial charge on any atom is 0.421 e. The number of anilines is 3. The van der Waals surface area contributed by atoms with Crippen molar-refractivity contribution in [2.45, 2.75) is 13.1 Å². The fourth-order valence-corrected chi connectivity index (χ4v) is 2.14. The number of hydrogen-bond acceptors (Lipinski definition) is 5. The SMILES string of the molecule is C=Cc1cc(C)c(Nc2ncc(C(F)(F)F)c(NC)n2)cc1OC. The molecule has 0 saturated heterocycles. The van der Waals surface area contributed by atoms with Gasteiger partial charge in [-0.3, -0.25) is 0 Å². The van der Waals surface area contributed by atoms with E-state index in [0.29, 0.717) is 11.4 Å². The van der Waals surface area contributed by atoms with Crippen molar-refractivity contribution in [1.82, 2.24) is 9.97 Å². The Bertz CT molecular complexity index is 760. The molecular formula is C16H17F3N4O. The molecule has 1 aromatic heterocycles. The molecule has 2 rings (SSSR count). The van der Waals surface area contributed by atoms with Gasteiger partial charge >= 0.3 is 6.18 Å². The third-order valence-electron chi connectivity index (χ3n) is 3.37. The van der Waals surface area contributed by atoms with Gasteiger partial charge in [-0.15, -0.1) is 0 Å². The van der Waals surface area contributed by atoms with Gasteiger partial charge in [0.1, 0.15) is 17.1 Å². The highest BCUT2D eigenvalue weighted by molar-refractivity contribution is 5.68. The monoisotopic (exact) mass is 338 g/mol. The summed E-state index contributed by atoms with van der Waals surface area (Å²) in [6, 6.07) is 3.56. The zero-order valence-electron chi connectivity index (χ0n) is 13.5. The molecule has 128 valence electrons. The molecule has 0 aliphatic heterocycles. The quantitative estimate of drug-likeness (QED) is 0.854. The molecule has 0 unspecified atom stereocenters. The van der Waals surface area contributed by atoms with E-state index in [4.69, 9.17) is 4.74 Å². The average molecular weight is 338 g/mol. The van der Waals surface area contributed by atoms with Gasteiger partial charge in [0.2, 0.25) is 5.95 Å². The van der Waals surface area contributed by atoms with Crippen LogP contribution in [0, 0.1) is 6.92 Å². The lowest BCUT2D eigenvalue weighted by molar-refractivity contribution is -0.137. The highest BCUT2D eigenvalue weighted by atomic mass is 19.4. The lowest BCUT2D eigenvalue weighted by Crippen LogP contribution is -2.12. The average Bonchev–Trinajstić information content (AvgIpc) is 2.55.